The fourth-order valence-electron chi connectivity index (χ4n) is 1.52. The lowest BCUT2D eigenvalue weighted by atomic mass is 10.2. The number of nitrogens with two attached hydrogens (primary N) is 1. The second kappa shape index (κ2) is 5.30. The first-order valence-corrected chi connectivity index (χ1v) is 5.34. The van der Waals surface area contributed by atoms with Gasteiger partial charge in [-0.05, 0) is 23.8 Å². The van der Waals surface area contributed by atoms with Crippen LogP contribution in [0.15, 0.2) is 36.5 Å². The quantitative estimate of drug-likeness (QED) is 0.675. The van der Waals surface area contributed by atoms with E-state index in [0.29, 0.717) is 11.4 Å². The number of para-hydroxylation sites is 1. The van der Waals surface area contributed by atoms with Crippen LogP contribution in [-0.2, 0) is 6.61 Å². The highest BCUT2D eigenvalue weighted by Crippen LogP contribution is 2.30. The second-order valence-electron chi connectivity index (χ2n) is 3.72. The number of hydrogen-bond donors (Lipinski definition) is 1. The second-order valence-corrected chi connectivity index (χ2v) is 3.72. The van der Waals surface area contributed by atoms with E-state index < -0.39 is 16.4 Å². The Morgan fingerprint density at radius 3 is 2.89 bits per heavy atom. The van der Waals surface area contributed by atoms with Gasteiger partial charge in [0.05, 0.1) is 4.92 Å². The summed E-state index contributed by atoms with van der Waals surface area (Å²) in [5.74, 6) is -0.872. The Labute approximate surface area is 107 Å². The summed E-state index contributed by atoms with van der Waals surface area (Å²) < 4.78 is 18.7. The fraction of sp³-hybridized carbons (Fsp3) is 0.0833. The normalized spacial score (nSPS) is 10.2. The molecule has 0 saturated carbocycles. The zero-order valence-electron chi connectivity index (χ0n) is 9.75. The molecule has 0 aliphatic carbocycles. The SMILES string of the molecule is Nc1cc(COc2c(F)cccc2[N+](=O)[O-])ccn1. The van der Waals surface area contributed by atoms with E-state index in [1.54, 1.807) is 12.1 Å². The number of hydrogen-bond acceptors (Lipinski definition) is 5. The predicted molar refractivity (Wildman–Crippen MR) is 66.0 cm³/mol. The van der Waals surface area contributed by atoms with Crippen molar-refractivity contribution in [2.75, 3.05) is 5.73 Å². The van der Waals surface area contributed by atoms with Gasteiger partial charge in [-0.25, -0.2) is 9.37 Å². The average molecular weight is 263 g/mol. The third kappa shape index (κ3) is 2.95. The van der Waals surface area contributed by atoms with Crippen LogP contribution in [0.3, 0.4) is 0 Å². The zero-order chi connectivity index (χ0) is 13.8. The van der Waals surface area contributed by atoms with Crippen LogP contribution in [0.4, 0.5) is 15.9 Å². The molecule has 0 fully saturated rings. The highest BCUT2D eigenvalue weighted by molar-refractivity contribution is 5.47. The van der Waals surface area contributed by atoms with Crippen LogP contribution in [0.2, 0.25) is 0 Å². The van der Waals surface area contributed by atoms with Crippen molar-refractivity contribution in [2.45, 2.75) is 6.61 Å². The Kier molecular flexibility index (Phi) is 3.56. The van der Waals surface area contributed by atoms with Gasteiger partial charge in [0.2, 0.25) is 5.75 Å². The number of nitro groups is 1. The summed E-state index contributed by atoms with van der Waals surface area (Å²) in [5, 5.41) is 10.8. The van der Waals surface area contributed by atoms with Crippen molar-refractivity contribution < 1.29 is 14.1 Å². The predicted octanol–water partition coefficient (Wildman–Crippen LogP) is 2.29. The van der Waals surface area contributed by atoms with E-state index in [9.17, 15) is 14.5 Å². The molecule has 0 spiro atoms. The lowest BCUT2D eigenvalue weighted by Crippen LogP contribution is -2.02. The van der Waals surface area contributed by atoms with E-state index in [1.807, 2.05) is 0 Å². The van der Waals surface area contributed by atoms with E-state index in [2.05, 4.69) is 4.98 Å². The molecule has 0 aliphatic heterocycles. The Balaban J connectivity index is 2.22. The molecule has 2 N–H and O–H groups in total. The number of nitrogen functional groups attached to an aromatic ring is 1. The molecule has 19 heavy (non-hydrogen) atoms. The standard InChI is InChI=1S/C12H10FN3O3/c13-9-2-1-3-10(16(17)18)12(9)19-7-8-4-5-15-11(14)6-8/h1-6H,7H2,(H2,14,15). The molecule has 0 aliphatic rings. The van der Waals surface area contributed by atoms with Crippen LogP contribution < -0.4 is 10.5 Å². The van der Waals surface area contributed by atoms with Crippen molar-refractivity contribution >= 4 is 11.5 Å². The molecule has 0 amide bonds. The number of benzene rings is 1. The summed E-state index contributed by atoms with van der Waals surface area (Å²) in [4.78, 5) is 13.9. The Morgan fingerprint density at radius 1 is 1.42 bits per heavy atom. The Morgan fingerprint density at radius 2 is 2.21 bits per heavy atom. The minimum Gasteiger partial charge on any atom is -0.480 e. The number of nitro benzene ring substituents is 1. The number of pyridine rings is 1. The highest BCUT2D eigenvalue weighted by Gasteiger charge is 2.19. The van der Waals surface area contributed by atoms with E-state index in [4.69, 9.17) is 10.5 Å². The molecule has 98 valence electrons. The first kappa shape index (κ1) is 12.7. The van der Waals surface area contributed by atoms with Crippen molar-refractivity contribution in [2.24, 2.45) is 0 Å². The smallest absolute Gasteiger partial charge is 0.314 e. The van der Waals surface area contributed by atoms with E-state index in [1.165, 1.54) is 18.3 Å². The van der Waals surface area contributed by atoms with E-state index in [-0.39, 0.29) is 12.4 Å². The summed E-state index contributed by atoms with van der Waals surface area (Å²) in [5.41, 5.74) is 5.72. The number of aromatic nitrogens is 1. The number of nitrogens with zero attached hydrogens (tertiary/aromatic N) is 2. The summed E-state index contributed by atoms with van der Waals surface area (Å²) in [6.45, 7) is -0.0332. The highest BCUT2D eigenvalue weighted by atomic mass is 19.1. The first-order chi connectivity index (χ1) is 9.08. The van der Waals surface area contributed by atoms with E-state index >= 15 is 0 Å². The minimum absolute atomic E-state index is 0.0332. The van der Waals surface area contributed by atoms with Crippen molar-refractivity contribution in [3.8, 4) is 5.75 Å². The van der Waals surface area contributed by atoms with Crippen LogP contribution in [-0.4, -0.2) is 9.91 Å². The molecule has 1 aromatic carbocycles. The number of anilines is 1. The average Bonchev–Trinajstić information content (AvgIpc) is 2.37. The third-order valence-electron chi connectivity index (χ3n) is 2.37. The van der Waals surface area contributed by atoms with Gasteiger partial charge < -0.3 is 10.5 Å². The molecular weight excluding hydrogens is 253 g/mol. The van der Waals surface area contributed by atoms with Gasteiger partial charge in [0.1, 0.15) is 12.4 Å². The summed E-state index contributed by atoms with van der Waals surface area (Å²) in [7, 11) is 0. The van der Waals surface area contributed by atoms with Crippen LogP contribution in [0.5, 0.6) is 5.75 Å². The maximum Gasteiger partial charge on any atom is 0.314 e. The van der Waals surface area contributed by atoms with Crippen molar-refractivity contribution in [3.05, 3.63) is 58.0 Å². The minimum atomic E-state index is -0.781. The van der Waals surface area contributed by atoms with Gasteiger partial charge in [0.15, 0.2) is 5.82 Å². The lowest BCUT2D eigenvalue weighted by Gasteiger charge is -2.07. The molecule has 1 heterocycles. The largest absolute Gasteiger partial charge is 0.480 e. The molecular formula is C12H10FN3O3. The van der Waals surface area contributed by atoms with Gasteiger partial charge in [0, 0.05) is 12.3 Å². The summed E-state index contributed by atoms with van der Waals surface area (Å²) >= 11 is 0. The van der Waals surface area contributed by atoms with Crippen molar-refractivity contribution in [3.63, 3.8) is 0 Å². The first-order valence-electron chi connectivity index (χ1n) is 5.34. The van der Waals surface area contributed by atoms with E-state index in [0.717, 1.165) is 6.07 Å². The molecule has 0 bridgehead atoms. The molecule has 0 saturated heterocycles. The van der Waals surface area contributed by atoms with Gasteiger partial charge in [-0.2, -0.15) is 0 Å². The van der Waals surface area contributed by atoms with Crippen LogP contribution in [0.25, 0.3) is 0 Å². The molecule has 6 nitrogen and oxygen atoms in total. The van der Waals surface area contributed by atoms with Crippen molar-refractivity contribution in [1.82, 2.24) is 4.98 Å². The lowest BCUT2D eigenvalue weighted by molar-refractivity contribution is -0.386. The topological polar surface area (TPSA) is 91.3 Å². The molecule has 2 aromatic rings. The van der Waals surface area contributed by atoms with Crippen LogP contribution >= 0.6 is 0 Å². The van der Waals surface area contributed by atoms with Gasteiger partial charge in [0.25, 0.3) is 0 Å². The summed E-state index contributed by atoms with van der Waals surface area (Å²) in [6.07, 6.45) is 1.48. The third-order valence-corrected chi connectivity index (χ3v) is 2.37. The fourth-order valence-corrected chi connectivity index (χ4v) is 1.52. The number of halogens is 1. The molecule has 2 rings (SSSR count). The number of rotatable bonds is 4. The van der Waals surface area contributed by atoms with Gasteiger partial charge in [-0.3, -0.25) is 10.1 Å². The van der Waals surface area contributed by atoms with Gasteiger partial charge >= 0.3 is 5.69 Å². The van der Waals surface area contributed by atoms with Gasteiger partial charge in [-0.1, -0.05) is 6.07 Å². The maximum absolute atomic E-state index is 13.5. The molecule has 0 atom stereocenters. The van der Waals surface area contributed by atoms with Crippen LogP contribution in [0, 0.1) is 15.9 Å². The summed E-state index contributed by atoms with van der Waals surface area (Å²) in [6, 6.07) is 6.71. The Hall–Kier alpha value is -2.70. The molecule has 0 unspecified atom stereocenters. The zero-order valence-corrected chi connectivity index (χ0v) is 9.75. The monoisotopic (exact) mass is 263 g/mol. The Bertz CT molecular complexity index is 619. The molecule has 7 heteroatoms. The molecule has 0 radical (unpaired) electrons. The molecule has 1 aromatic heterocycles. The number of ether oxygens (including phenoxy) is 1. The maximum atomic E-state index is 13.5. The van der Waals surface area contributed by atoms with Gasteiger partial charge in [-0.15, -0.1) is 0 Å². The van der Waals surface area contributed by atoms with Crippen LogP contribution in [0.1, 0.15) is 5.56 Å². The van der Waals surface area contributed by atoms with Crippen molar-refractivity contribution in [1.29, 1.82) is 0 Å².